The van der Waals surface area contributed by atoms with Gasteiger partial charge in [-0.15, -0.1) is 0 Å². The Hall–Kier alpha value is -1.20. The van der Waals surface area contributed by atoms with Crippen molar-refractivity contribution in [2.24, 2.45) is 5.92 Å². The van der Waals surface area contributed by atoms with Crippen LogP contribution in [0.3, 0.4) is 0 Å². The van der Waals surface area contributed by atoms with E-state index in [9.17, 15) is 0 Å². The van der Waals surface area contributed by atoms with Gasteiger partial charge < -0.3 is 9.64 Å². The quantitative estimate of drug-likeness (QED) is 0.846. The summed E-state index contributed by atoms with van der Waals surface area (Å²) in [4.78, 5) is 14.2. The molecular formula is C16H26N4O. The van der Waals surface area contributed by atoms with Crippen LogP contribution in [-0.4, -0.2) is 60.8 Å². The summed E-state index contributed by atoms with van der Waals surface area (Å²) in [5.74, 6) is 1.64. The molecule has 0 amide bonds. The molecule has 2 saturated heterocycles. The highest BCUT2D eigenvalue weighted by molar-refractivity contribution is 5.32. The maximum absolute atomic E-state index is 5.43. The van der Waals surface area contributed by atoms with Gasteiger partial charge in [-0.05, 0) is 38.7 Å². The number of morpholine rings is 1. The molecule has 0 radical (unpaired) electrons. The van der Waals surface area contributed by atoms with Gasteiger partial charge in [-0.25, -0.2) is 9.97 Å². The number of aromatic nitrogens is 2. The minimum absolute atomic E-state index is 0.723. The van der Waals surface area contributed by atoms with E-state index in [0.29, 0.717) is 0 Å². The molecule has 2 fully saturated rings. The predicted molar refractivity (Wildman–Crippen MR) is 83.7 cm³/mol. The van der Waals surface area contributed by atoms with Gasteiger partial charge in [0.2, 0.25) is 5.95 Å². The first-order chi connectivity index (χ1) is 10.2. The second-order valence-corrected chi connectivity index (χ2v) is 6.32. The van der Waals surface area contributed by atoms with E-state index in [1.165, 1.54) is 19.4 Å². The fourth-order valence-corrected chi connectivity index (χ4v) is 3.39. The van der Waals surface area contributed by atoms with Crippen LogP contribution in [0, 0.1) is 19.8 Å². The first kappa shape index (κ1) is 14.7. The molecule has 0 aliphatic carbocycles. The molecule has 3 heterocycles. The first-order valence-electron chi connectivity index (χ1n) is 8.08. The summed E-state index contributed by atoms with van der Waals surface area (Å²) in [6.07, 6.45) is 2.56. The van der Waals surface area contributed by atoms with Gasteiger partial charge in [-0.1, -0.05) is 0 Å². The van der Waals surface area contributed by atoms with Crippen LogP contribution in [0.1, 0.15) is 24.2 Å². The van der Waals surface area contributed by atoms with Crippen LogP contribution in [0.5, 0.6) is 0 Å². The summed E-state index contributed by atoms with van der Waals surface area (Å²) in [6, 6.07) is 2.04. The SMILES string of the molecule is Cc1cc(C)nc(N2CCCC(CN3CCOCC3)C2)n1. The molecule has 21 heavy (non-hydrogen) atoms. The highest BCUT2D eigenvalue weighted by atomic mass is 16.5. The molecule has 0 bridgehead atoms. The molecule has 3 rings (SSSR count). The minimum Gasteiger partial charge on any atom is -0.379 e. The fourth-order valence-electron chi connectivity index (χ4n) is 3.39. The lowest BCUT2D eigenvalue weighted by Crippen LogP contribution is -2.45. The Morgan fingerprint density at radius 2 is 1.86 bits per heavy atom. The molecule has 2 aliphatic heterocycles. The zero-order valence-corrected chi connectivity index (χ0v) is 13.2. The van der Waals surface area contributed by atoms with Crippen LogP contribution in [0.25, 0.3) is 0 Å². The molecule has 116 valence electrons. The molecule has 5 nitrogen and oxygen atoms in total. The number of anilines is 1. The number of hydrogen-bond acceptors (Lipinski definition) is 5. The van der Waals surface area contributed by atoms with E-state index < -0.39 is 0 Å². The molecule has 1 atom stereocenters. The van der Waals surface area contributed by atoms with Crippen LogP contribution < -0.4 is 4.90 Å². The van der Waals surface area contributed by atoms with Gasteiger partial charge in [0.25, 0.3) is 0 Å². The molecule has 1 unspecified atom stereocenters. The molecule has 2 aliphatic rings. The lowest BCUT2D eigenvalue weighted by Gasteiger charge is -2.36. The molecule has 0 N–H and O–H groups in total. The Balaban J connectivity index is 1.62. The molecule has 1 aromatic heterocycles. The van der Waals surface area contributed by atoms with Crippen molar-refractivity contribution in [2.45, 2.75) is 26.7 Å². The van der Waals surface area contributed by atoms with Crippen molar-refractivity contribution in [3.8, 4) is 0 Å². The summed E-state index contributed by atoms with van der Waals surface area (Å²) in [5.41, 5.74) is 2.13. The van der Waals surface area contributed by atoms with Crippen molar-refractivity contribution in [1.29, 1.82) is 0 Å². The van der Waals surface area contributed by atoms with Gasteiger partial charge in [0.15, 0.2) is 0 Å². The lowest BCUT2D eigenvalue weighted by atomic mass is 9.97. The molecule has 1 aromatic rings. The number of hydrogen-bond donors (Lipinski definition) is 0. The van der Waals surface area contributed by atoms with E-state index >= 15 is 0 Å². The Bertz CT molecular complexity index is 453. The van der Waals surface area contributed by atoms with E-state index in [-0.39, 0.29) is 0 Å². The predicted octanol–water partition coefficient (Wildman–Crippen LogP) is 1.64. The average Bonchev–Trinajstić information content (AvgIpc) is 2.47. The van der Waals surface area contributed by atoms with Gasteiger partial charge in [-0.3, -0.25) is 4.90 Å². The van der Waals surface area contributed by atoms with Crippen molar-refractivity contribution in [2.75, 3.05) is 50.8 Å². The van der Waals surface area contributed by atoms with Crippen molar-refractivity contribution in [1.82, 2.24) is 14.9 Å². The number of aryl methyl sites for hydroxylation is 2. The van der Waals surface area contributed by atoms with Crippen molar-refractivity contribution in [3.63, 3.8) is 0 Å². The Morgan fingerprint density at radius 1 is 1.14 bits per heavy atom. The zero-order chi connectivity index (χ0) is 14.7. The highest BCUT2D eigenvalue weighted by Gasteiger charge is 2.24. The van der Waals surface area contributed by atoms with Crippen LogP contribution in [-0.2, 0) is 4.74 Å². The normalized spacial score (nSPS) is 24.3. The fraction of sp³-hybridized carbons (Fsp3) is 0.750. The summed E-state index contributed by atoms with van der Waals surface area (Å²) in [5, 5.41) is 0. The summed E-state index contributed by atoms with van der Waals surface area (Å²) in [7, 11) is 0. The first-order valence-corrected chi connectivity index (χ1v) is 8.08. The standard InChI is InChI=1S/C16H26N4O/c1-13-10-14(2)18-16(17-13)20-5-3-4-15(12-20)11-19-6-8-21-9-7-19/h10,15H,3-9,11-12H2,1-2H3. The largest absolute Gasteiger partial charge is 0.379 e. The Kier molecular flexibility index (Phi) is 4.70. The van der Waals surface area contributed by atoms with E-state index in [4.69, 9.17) is 4.74 Å². The van der Waals surface area contributed by atoms with Crippen LogP contribution in [0.4, 0.5) is 5.95 Å². The maximum Gasteiger partial charge on any atom is 0.225 e. The van der Waals surface area contributed by atoms with Gasteiger partial charge in [0.05, 0.1) is 13.2 Å². The van der Waals surface area contributed by atoms with E-state index in [1.807, 2.05) is 19.9 Å². The van der Waals surface area contributed by atoms with Crippen molar-refractivity contribution >= 4 is 5.95 Å². The number of ether oxygens (including phenoxy) is 1. The van der Waals surface area contributed by atoms with Crippen molar-refractivity contribution < 1.29 is 4.74 Å². The second kappa shape index (κ2) is 6.71. The molecular weight excluding hydrogens is 264 g/mol. The second-order valence-electron chi connectivity index (χ2n) is 6.32. The Labute approximate surface area is 127 Å². The van der Waals surface area contributed by atoms with Crippen molar-refractivity contribution in [3.05, 3.63) is 17.5 Å². The number of piperidine rings is 1. The maximum atomic E-state index is 5.43. The Morgan fingerprint density at radius 3 is 2.57 bits per heavy atom. The minimum atomic E-state index is 0.723. The topological polar surface area (TPSA) is 41.5 Å². The number of rotatable bonds is 3. The zero-order valence-electron chi connectivity index (χ0n) is 13.2. The van der Waals surface area contributed by atoms with Crippen LogP contribution >= 0.6 is 0 Å². The van der Waals surface area contributed by atoms with Gasteiger partial charge in [0.1, 0.15) is 0 Å². The van der Waals surface area contributed by atoms with Gasteiger partial charge in [0, 0.05) is 44.1 Å². The summed E-state index contributed by atoms with van der Waals surface area (Å²) < 4.78 is 5.43. The lowest BCUT2D eigenvalue weighted by molar-refractivity contribution is 0.0296. The third kappa shape index (κ3) is 3.92. The molecule has 5 heteroatoms. The monoisotopic (exact) mass is 290 g/mol. The van der Waals surface area contributed by atoms with Crippen LogP contribution in [0.15, 0.2) is 6.07 Å². The van der Waals surface area contributed by atoms with E-state index in [0.717, 1.165) is 62.6 Å². The molecule has 0 spiro atoms. The summed E-state index contributed by atoms with van der Waals surface area (Å²) in [6.45, 7) is 11.4. The number of nitrogens with zero attached hydrogens (tertiary/aromatic N) is 4. The smallest absolute Gasteiger partial charge is 0.225 e. The average molecular weight is 290 g/mol. The third-order valence-electron chi connectivity index (χ3n) is 4.39. The van der Waals surface area contributed by atoms with Gasteiger partial charge in [-0.2, -0.15) is 0 Å². The van der Waals surface area contributed by atoms with E-state index in [2.05, 4.69) is 19.8 Å². The van der Waals surface area contributed by atoms with Gasteiger partial charge >= 0.3 is 0 Å². The van der Waals surface area contributed by atoms with Crippen LogP contribution in [0.2, 0.25) is 0 Å². The molecule has 0 aromatic carbocycles. The molecule has 0 saturated carbocycles. The highest BCUT2D eigenvalue weighted by Crippen LogP contribution is 2.22. The summed E-state index contributed by atoms with van der Waals surface area (Å²) >= 11 is 0. The third-order valence-corrected chi connectivity index (χ3v) is 4.39. The van der Waals surface area contributed by atoms with E-state index in [1.54, 1.807) is 0 Å².